The van der Waals surface area contributed by atoms with Gasteiger partial charge in [-0.15, -0.1) is 0 Å². The average Bonchev–Trinajstić information content (AvgIpc) is 2.62. The molecule has 0 bridgehead atoms. The van der Waals surface area contributed by atoms with Crippen LogP contribution in [0.1, 0.15) is 30.1 Å². The summed E-state index contributed by atoms with van der Waals surface area (Å²) in [4.78, 5) is 28.7. The maximum Gasteiger partial charge on any atom is 0.321 e. The van der Waals surface area contributed by atoms with Gasteiger partial charge in [-0.25, -0.2) is 4.79 Å². The van der Waals surface area contributed by atoms with E-state index in [0.717, 1.165) is 50.5 Å². The number of nitrogens with zero attached hydrogens (tertiary/aromatic N) is 2. The third kappa shape index (κ3) is 4.23. The van der Waals surface area contributed by atoms with Gasteiger partial charge in [0.05, 0.1) is 0 Å². The number of likely N-dealkylation sites (tertiary alicyclic amines) is 1. The van der Waals surface area contributed by atoms with Crippen molar-refractivity contribution in [3.05, 3.63) is 29.8 Å². The van der Waals surface area contributed by atoms with Crippen molar-refractivity contribution in [1.82, 2.24) is 9.80 Å². The van der Waals surface area contributed by atoms with Crippen molar-refractivity contribution in [3.8, 4) is 0 Å². The molecule has 2 aliphatic heterocycles. The fourth-order valence-electron chi connectivity index (χ4n) is 3.09. The van der Waals surface area contributed by atoms with Crippen molar-refractivity contribution in [2.45, 2.75) is 19.8 Å². The average molecular weight is 347 g/mol. The van der Waals surface area contributed by atoms with E-state index in [-0.39, 0.29) is 11.9 Å². The molecule has 2 aliphatic rings. The summed E-state index contributed by atoms with van der Waals surface area (Å²) in [5.74, 6) is 2.74. The lowest BCUT2D eigenvalue weighted by Gasteiger charge is -2.30. The van der Waals surface area contributed by atoms with E-state index < -0.39 is 0 Å². The van der Waals surface area contributed by atoms with Crippen LogP contribution in [0.3, 0.4) is 0 Å². The van der Waals surface area contributed by atoms with E-state index in [9.17, 15) is 9.59 Å². The predicted octanol–water partition coefficient (Wildman–Crippen LogP) is 3.14. The molecule has 0 atom stereocenters. The standard InChI is InChI=1S/C18H25N3O2S/c1-14-5-7-21(8-6-14)18(23)19-16-4-2-3-15(13-16)17(22)20-9-11-24-12-10-20/h2-4,13-14H,5-12H2,1H3,(H,19,23). The van der Waals surface area contributed by atoms with E-state index in [2.05, 4.69) is 12.2 Å². The summed E-state index contributed by atoms with van der Waals surface area (Å²) in [5, 5.41) is 2.94. The summed E-state index contributed by atoms with van der Waals surface area (Å²) in [6.07, 6.45) is 2.11. The molecule has 0 radical (unpaired) electrons. The van der Waals surface area contributed by atoms with Gasteiger partial charge in [-0.3, -0.25) is 4.79 Å². The van der Waals surface area contributed by atoms with Gasteiger partial charge in [0, 0.05) is 48.9 Å². The topological polar surface area (TPSA) is 52.7 Å². The van der Waals surface area contributed by atoms with Crippen LogP contribution in [0.15, 0.2) is 24.3 Å². The highest BCUT2D eigenvalue weighted by molar-refractivity contribution is 7.99. The molecule has 24 heavy (non-hydrogen) atoms. The van der Waals surface area contributed by atoms with Crippen molar-refractivity contribution >= 4 is 29.4 Å². The second kappa shape index (κ2) is 7.92. The van der Waals surface area contributed by atoms with Gasteiger partial charge >= 0.3 is 6.03 Å². The van der Waals surface area contributed by atoms with Gasteiger partial charge in [0.15, 0.2) is 0 Å². The summed E-state index contributed by atoms with van der Waals surface area (Å²) >= 11 is 1.88. The molecular weight excluding hydrogens is 322 g/mol. The van der Waals surface area contributed by atoms with Gasteiger partial charge in [0.25, 0.3) is 5.91 Å². The number of anilines is 1. The van der Waals surface area contributed by atoms with E-state index in [1.807, 2.05) is 39.8 Å². The summed E-state index contributed by atoms with van der Waals surface area (Å²) in [5.41, 5.74) is 1.34. The Morgan fingerprint density at radius 3 is 2.50 bits per heavy atom. The number of urea groups is 1. The number of carbonyl (C=O) groups excluding carboxylic acids is 2. The fourth-order valence-corrected chi connectivity index (χ4v) is 4.00. The van der Waals surface area contributed by atoms with Crippen molar-refractivity contribution in [3.63, 3.8) is 0 Å². The van der Waals surface area contributed by atoms with Crippen molar-refractivity contribution in [1.29, 1.82) is 0 Å². The first kappa shape index (κ1) is 17.1. The van der Waals surface area contributed by atoms with Crippen molar-refractivity contribution < 1.29 is 9.59 Å². The van der Waals surface area contributed by atoms with Gasteiger partial charge in [-0.05, 0) is 37.0 Å². The monoisotopic (exact) mass is 347 g/mol. The molecule has 0 unspecified atom stereocenters. The van der Waals surface area contributed by atoms with Crippen LogP contribution in [-0.4, -0.2) is 59.4 Å². The van der Waals surface area contributed by atoms with Crippen LogP contribution in [0.5, 0.6) is 0 Å². The minimum absolute atomic E-state index is 0.0539. The number of amides is 3. The highest BCUT2D eigenvalue weighted by atomic mass is 32.2. The Bertz CT molecular complexity index is 594. The van der Waals surface area contributed by atoms with Crippen LogP contribution < -0.4 is 5.32 Å². The summed E-state index contributed by atoms with van der Waals surface area (Å²) in [6, 6.07) is 7.21. The molecule has 0 spiro atoms. The van der Waals surface area contributed by atoms with Gasteiger partial charge in [0.2, 0.25) is 0 Å². The molecule has 1 N–H and O–H groups in total. The van der Waals surface area contributed by atoms with Crippen LogP contribution in [0.2, 0.25) is 0 Å². The smallest absolute Gasteiger partial charge is 0.321 e. The Kier molecular flexibility index (Phi) is 5.66. The molecule has 3 rings (SSSR count). The van der Waals surface area contributed by atoms with E-state index in [4.69, 9.17) is 0 Å². The lowest BCUT2D eigenvalue weighted by molar-refractivity contribution is 0.0772. The Balaban J connectivity index is 1.62. The summed E-state index contributed by atoms with van der Waals surface area (Å²) in [7, 11) is 0. The number of rotatable bonds is 2. The lowest BCUT2D eigenvalue weighted by atomic mass is 10.00. The molecule has 0 aromatic heterocycles. The van der Waals surface area contributed by atoms with Crippen LogP contribution >= 0.6 is 11.8 Å². The van der Waals surface area contributed by atoms with Crippen LogP contribution in [0, 0.1) is 5.92 Å². The van der Waals surface area contributed by atoms with Gasteiger partial charge in [-0.1, -0.05) is 13.0 Å². The lowest BCUT2D eigenvalue weighted by Crippen LogP contribution is -2.40. The zero-order chi connectivity index (χ0) is 16.9. The molecule has 5 nitrogen and oxygen atoms in total. The Labute approximate surface area is 147 Å². The largest absolute Gasteiger partial charge is 0.337 e. The Morgan fingerprint density at radius 2 is 1.79 bits per heavy atom. The molecule has 1 aromatic carbocycles. The van der Waals surface area contributed by atoms with Gasteiger partial charge in [-0.2, -0.15) is 11.8 Å². The number of benzene rings is 1. The van der Waals surface area contributed by atoms with E-state index in [0.29, 0.717) is 17.2 Å². The third-order valence-corrected chi connectivity index (χ3v) is 5.67. The van der Waals surface area contributed by atoms with Crippen LogP contribution in [-0.2, 0) is 0 Å². The number of carbonyl (C=O) groups is 2. The quantitative estimate of drug-likeness (QED) is 0.894. The van der Waals surface area contributed by atoms with Gasteiger partial charge in [0.1, 0.15) is 0 Å². The maximum atomic E-state index is 12.6. The molecular formula is C18H25N3O2S. The summed E-state index contributed by atoms with van der Waals surface area (Å²) < 4.78 is 0. The SMILES string of the molecule is CC1CCN(C(=O)Nc2cccc(C(=O)N3CCSCC3)c2)CC1. The molecule has 0 aliphatic carbocycles. The molecule has 2 heterocycles. The minimum atomic E-state index is -0.0686. The number of nitrogens with one attached hydrogen (secondary N) is 1. The zero-order valence-electron chi connectivity index (χ0n) is 14.2. The van der Waals surface area contributed by atoms with Crippen LogP contribution in [0.4, 0.5) is 10.5 Å². The zero-order valence-corrected chi connectivity index (χ0v) is 15.0. The molecule has 2 saturated heterocycles. The summed E-state index contributed by atoms with van der Waals surface area (Å²) in [6.45, 7) is 5.43. The minimum Gasteiger partial charge on any atom is -0.337 e. The molecule has 2 fully saturated rings. The Morgan fingerprint density at radius 1 is 1.08 bits per heavy atom. The number of hydrogen-bond donors (Lipinski definition) is 1. The first-order valence-electron chi connectivity index (χ1n) is 8.66. The normalized spacial score (nSPS) is 19.2. The fraction of sp³-hybridized carbons (Fsp3) is 0.556. The number of hydrogen-bond acceptors (Lipinski definition) is 3. The second-order valence-electron chi connectivity index (χ2n) is 6.59. The predicted molar refractivity (Wildman–Crippen MR) is 98.7 cm³/mol. The second-order valence-corrected chi connectivity index (χ2v) is 7.81. The molecule has 1 aromatic rings. The molecule has 0 saturated carbocycles. The highest BCUT2D eigenvalue weighted by Gasteiger charge is 2.21. The Hall–Kier alpha value is -1.69. The first-order chi connectivity index (χ1) is 11.6. The van der Waals surface area contributed by atoms with Crippen LogP contribution in [0.25, 0.3) is 0 Å². The van der Waals surface area contributed by atoms with E-state index in [1.54, 1.807) is 6.07 Å². The van der Waals surface area contributed by atoms with E-state index in [1.165, 1.54) is 0 Å². The molecule has 3 amide bonds. The van der Waals surface area contributed by atoms with Crippen molar-refractivity contribution in [2.75, 3.05) is 43.0 Å². The van der Waals surface area contributed by atoms with E-state index >= 15 is 0 Å². The third-order valence-electron chi connectivity index (χ3n) is 4.73. The number of thioether (sulfide) groups is 1. The number of piperidine rings is 1. The molecule has 130 valence electrons. The highest BCUT2D eigenvalue weighted by Crippen LogP contribution is 2.19. The van der Waals surface area contributed by atoms with Gasteiger partial charge < -0.3 is 15.1 Å². The first-order valence-corrected chi connectivity index (χ1v) is 9.82. The maximum absolute atomic E-state index is 12.6. The van der Waals surface area contributed by atoms with Crippen molar-refractivity contribution in [2.24, 2.45) is 5.92 Å². The molecule has 6 heteroatoms.